The number of amides is 1. The molecule has 2 aromatic rings. The number of hydrogen-bond acceptors (Lipinski definition) is 3. The monoisotopic (exact) mass is 375 g/mol. The van der Waals surface area contributed by atoms with Gasteiger partial charge in [0.2, 0.25) is 5.91 Å². The van der Waals surface area contributed by atoms with E-state index in [-0.39, 0.29) is 18.1 Å². The molecule has 0 spiro atoms. The van der Waals surface area contributed by atoms with Gasteiger partial charge in [0.05, 0.1) is 22.9 Å². The zero-order chi connectivity index (χ0) is 16.3. The van der Waals surface area contributed by atoms with E-state index >= 15 is 0 Å². The third-order valence-corrected chi connectivity index (χ3v) is 3.83. The van der Waals surface area contributed by atoms with Crippen molar-refractivity contribution < 1.29 is 13.6 Å². The van der Waals surface area contributed by atoms with Crippen LogP contribution in [0.4, 0.5) is 8.78 Å². The Morgan fingerprint density at radius 2 is 2.18 bits per heavy atom. The molecular weight excluding hydrogens is 360 g/mol. The van der Waals surface area contributed by atoms with E-state index in [4.69, 9.17) is 0 Å². The van der Waals surface area contributed by atoms with Crippen molar-refractivity contribution >= 4 is 21.8 Å². The summed E-state index contributed by atoms with van der Waals surface area (Å²) in [6, 6.07) is 1.28. The minimum atomic E-state index is -2.64. The SMILES string of the molecule is CCn1ncc(Br)c1CNC(=O)Cn1nc(C(F)F)cc1C. The first-order valence-corrected chi connectivity index (χ1v) is 7.51. The number of hydrogen-bond donors (Lipinski definition) is 1. The van der Waals surface area contributed by atoms with Gasteiger partial charge in [-0.2, -0.15) is 10.2 Å². The summed E-state index contributed by atoms with van der Waals surface area (Å²) in [6.45, 7) is 4.47. The summed E-state index contributed by atoms with van der Waals surface area (Å²) < 4.78 is 29.0. The van der Waals surface area contributed by atoms with E-state index in [2.05, 4.69) is 31.4 Å². The van der Waals surface area contributed by atoms with Gasteiger partial charge in [-0.05, 0) is 35.8 Å². The van der Waals surface area contributed by atoms with Crippen LogP contribution in [0, 0.1) is 6.92 Å². The molecular formula is C13H16BrF2N5O. The number of nitrogens with zero attached hydrogens (tertiary/aromatic N) is 4. The number of halogens is 3. The number of nitrogens with one attached hydrogen (secondary N) is 1. The zero-order valence-electron chi connectivity index (χ0n) is 12.2. The van der Waals surface area contributed by atoms with Crippen molar-refractivity contribution in [3.05, 3.63) is 33.8 Å². The van der Waals surface area contributed by atoms with Crippen molar-refractivity contribution in [3.63, 3.8) is 0 Å². The van der Waals surface area contributed by atoms with Gasteiger partial charge in [0.25, 0.3) is 6.43 Å². The lowest BCUT2D eigenvalue weighted by Crippen LogP contribution is -2.29. The highest BCUT2D eigenvalue weighted by molar-refractivity contribution is 9.10. The molecule has 0 aliphatic rings. The fraction of sp³-hybridized carbons (Fsp3) is 0.462. The summed E-state index contributed by atoms with van der Waals surface area (Å²) in [5.74, 6) is -0.303. The van der Waals surface area contributed by atoms with Crippen LogP contribution in [0.2, 0.25) is 0 Å². The second-order valence-corrected chi connectivity index (χ2v) is 5.55. The molecule has 1 N–H and O–H groups in total. The van der Waals surface area contributed by atoms with Crippen molar-refractivity contribution in [1.29, 1.82) is 0 Å². The number of alkyl halides is 2. The number of carbonyl (C=O) groups excluding carboxylic acids is 1. The number of rotatable bonds is 6. The molecule has 0 unspecified atom stereocenters. The quantitative estimate of drug-likeness (QED) is 0.842. The summed E-state index contributed by atoms with van der Waals surface area (Å²) in [4.78, 5) is 11.9. The molecule has 6 nitrogen and oxygen atoms in total. The highest BCUT2D eigenvalue weighted by atomic mass is 79.9. The first-order valence-electron chi connectivity index (χ1n) is 6.71. The van der Waals surface area contributed by atoms with Gasteiger partial charge in [0, 0.05) is 12.2 Å². The van der Waals surface area contributed by atoms with Crippen LogP contribution in [0.5, 0.6) is 0 Å². The molecule has 120 valence electrons. The summed E-state index contributed by atoms with van der Waals surface area (Å²) in [5, 5.41) is 10.6. The van der Waals surface area contributed by atoms with Crippen LogP contribution in [-0.2, 0) is 24.4 Å². The van der Waals surface area contributed by atoms with E-state index in [1.54, 1.807) is 17.8 Å². The predicted octanol–water partition coefficient (Wildman–Crippen LogP) is 2.42. The molecule has 0 radical (unpaired) electrons. The average molecular weight is 376 g/mol. The van der Waals surface area contributed by atoms with E-state index in [1.807, 2.05) is 6.92 Å². The van der Waals surface area contributed by atoms with Crippen LogP contribution in [0.1, 0.15) is 30.4 Å². The molecule has 2 rings (SSSR count). The normalized spacial score (nSPS) is 11.2. The molecule has 0 fully saturated rings. The largest absolute Gasteiger partial charge is 0.349 e. The van der Waals surface area contributed by atoms with Gasteiger partial charge in [-0.1, -0.05) is 0 Å². The first kappa shape index (κ1) is 16.6. The van der Waals surface area contributed by atoms with Crippen molar-refractivity contribution in [2.45, 2.75) is 39.9 Å². The fourth-order valence-corrected chi connectivity index (χ4v) is 2.45. The third kappa shape index (κ3) is 3.70. The van der Waals surface area contributed by atoms with Gasteiger partial charge in [-0.25, -0.2) is 8.78 Å². The molecule has 1 amide bonds. The van der Waals surface area contributed by atoms with Crippen molar-refractivity contribution in [2.75, 3.05) is 0 Å². The minimum Gasteiger partial charge on any atom is -0.349 e. The summed E-state index contributed by atoms with van der Waals surface area (Å²) >= 11 is 3.37. The maximum Gasteiger partial charge on any atom is 0.282 e. The molecule has 0 saturated carbocycles. The van der Waals surface area contributed by atoms with Gasteiger partial charge in [-0.3, -0.25) is 14.2 Å². The van der Waals surface area contributed by atoms with Gasteiger partial charge in [0.15, 0.2) is 0 Å². The molecule has 0 aliphatic carbocycles. The highest BCUT2D eigenvalue weighted by Gasteiger charge is 2.15. The van der Waals surface area contributed by atoms with Crippen LogP contribution < -0.4 is 5.32 Å². The van der Waals surface area contributed by atoms with Crippen molar-refractivity contribution in [1.82, 2.24) is 24.9 Å². The Bertz CT molecular complexity index is 667. The maximum atomic E-state index is 12.6. The minimum absolute atomic E-state index is 0.101. The Labute approximate surface area is 134 Å². The molecule has 2 aromatic heterocycles. The molecule has 2 heterocycles. The highest BCUT2D eigenvalue weighted by Crippen LogP contribution is 2.18. The average Bonchev–Trinajstić information content (AvgIpc) is 3.00. The van der Waals surface area contributed by atoms with E-state index in [9.17, 15) is 13.6 Å². The Hall–Kier alpha value is -1.77. The molecule has 22 heavy (non-hydrogen) atoms. The standard InChI is InChI=1S/C13H16BrF2N5O/c1-3-20-11(9(14)5-18-20)6-17-12(22)7-21-8(2)4-10(19-21)13(15)16/h4-5,13H,3,6-7H2,1-2H3,(H,17,22). The molecule has 0 bridgehead atoms. The lowest BCUT2D eigenvalue weighted by Gasteiger charge is -2.09. The smallest absolute Gasteiger partial charge is 0.282 e. The first-order chi connectivity index (χ1) is 10.4. The zero-order valence-corrected chi connectivity index (χ0v) is 13.8. The van der Waals surface area contributed by atoms with Crippen LogP contribution in [-0.4, -0.2) is 25.5 Å². The summed E-state index contributed by atoms with van der Waals surface area (Å²) in [7, 11) is 0. The Morgan fingerprint density at radius 3 is 2.77 bits per heavy atom. The van der Waals surface area contributed by atoms with Gasteiger partial charge < -0.3 is 5.32 Å². The molecule has 0 aliphatic heterocycles. The molecule has 0 atom stereocenters. The topological polar surface area (TPSA) is 64.7 Å². The third-order valence-electron chi connectivity index (χ3n) is 3.17. The Balaban J connectivity index is 1.97. The maximum absolute atomic E-state index is 12.6. The van der Waals surface area contributed by atoms with E-state index < -0.39 is 6.43 Å². The summed E-state index contributed by atoms with van der Waals surface area (Å²) in [6.07, 6.45) is -0.977. The number of carbonyl (C=O) groups is 1. The van der Waals surface area contributed by atoms with Gasteiger partial charge in [0.1, 0.15) is 12.2 Å². The molecule has 0 saturated heterocycles. The van der Waals surface area contributed by atoms with Crippen LogP contribution in [0.3, 0.4) is 0 Å². The summed E-state index contributed by atoms with van der Waals surface area (Å²) in [5.41, 5.74) is 1.05. The molecule has 0 aromatic carbocycles. The second-order valence-electron chi connectivity index (χ2n) is 4.70. The number of aromatic nitrogens is 4. The van der Waals surface area contributed by atoms with Crippen molar-refractivity contribution in [3.8, 4) is 0 Å². The lowest BCUT2D eigenvalue weighted by atomic mass is 10.4. The van der Waals surface area contributed by atoms with E-state index in [0.717, 1.165) is 10.2 Å². The predicted molar refractivity (Wildman–Crippen MR) is 79.4 cm³/mol. The second kappa shape index (κ2) is 6.99. The Morgan fingerprint density at radius 1 is 1.45 bits per heavy atom. The van der Waals surface area contributed by atoms with Crippen LogP contribution in [0.25, 0.3) is 0 Å². The van der Waals surface area contributed by atoms with Crippen LogP contribution in [0.15, 0.2) is 16.7 Å². The van der Waals surface area contributed by atoms with Crippen molar-refractivity contribution in [2.24, 2.45) is 0 Å². The molecule has 9 heteroatoms. The Kier molecular flexibility index (Phi) is 5.28. The lowest BCUT2D eigenvalue weighted by molar-refractivity contribution is -0.122. The van der Waals surface area contributed by atoms with Gasteiger partial charge >= 0.3 is 0 Å². The fourth-order valence-electron chi connectivity index (χ4n) is 2.01. The van der Waals surface area contributed by atoms with Gasteiger partial charge in [-0.15, -0.1) is 0 Å². The van der Waals surface area contributed by atoms with Crippen LogP contribution >= 0.6 is 15.9 Å². The van der Waals surface area contributed by atoms with E-state index in [1.165, 1.54) is 10.7 Å². The number of aryl methyl sites for hydroxylation is 2. The van der Waals surface area contributed by atoms with E-state index in [0.29, 0.717) is 18.8 Å².